The van der Waals surface area contributed by atoms with Crippen molar-refractivity contribution in [3.05, 3.63) is 66.4 Å². The van der Waals surface area contributed by atoms with Crippen molar-refractivity contribution >= 4 is 22.8 Å². The van der Waals surface area contributed by atoms with E-state index < -0.39 is 0 Å². The van der Waals surface area contributed by atoms with Gasteiger partial charge in [0.05, 0.1) is 0 Å². The summed E-state index contributed by atoms with van der Waals surface area (Å²) in [6, 6.07) is 18.2. The highest BCUT2D eigenvalue weighted by Crippen LogP contribution is 2.22. The maximum absolute atomic E-state index is 11.4. The highest BCUT2D eigenvalue weighted by molar-refractivity contribution is 5.91. The molecular weight excluding hydrogens is 260 g/mol. The first kappa shape index (κ1) is 13.4. The number of anilines is 3. The zero-order chi connectivity index (χ0) is 14.5. The van der Waals surface area contributed by atoms with Crippen molar-refractivity contribution in [1.29, 1.82) is 0 Å². The fourth-order valence-electron chi connectivity index (χ4n) is 2.40. The third kappa shape index (κ3) is 3.72. The minimum atomic E-state index is 0.214. The fourth-order valence-corrected chi connectivity index (χ4v) is 2.40. The number of allylic oxidation sites excluding steroid dienone is 2. The van der Waals surface area contributed by atoms with Gasteiger partial charge in [-0.3, -0.25) is 4.79 Å². The summed E-state index contributed by atoms with van der Waals surface area (Å²) in [6.45, 7) is 0. The van der Waals surface area contributed by atoms with E-state index in [9.17, 15) is 4.79 Å². The van der Waals surface area contributed by atoms with Gasteiger partial charge in [0.15, 0.2) is 5.78 Å². The van der Waals surface area contributed by atoms with Gasteiger partial charge < -0.3 is 10.6 Å². The third-order valence-electron chi connectivity index (χ3n) is 3.46. The van der Waals surface area contributed by atoms with E-state index in [1.807, 2.05) is 54.6 Å². The van der Waals surface area contributed by atoms with Crippen LogP contribution in [0.4, 0.5) is 17.1 Å². The predicted octanol–water partition coefficient (Wildman–Crippen LogP) is 4.48. The topological polar surface area (TPSA) is 41.1 Å². The van der Waals surface area contributed by atoms with E-state index in [4.69, 9.17) is 0 Å². The van der Waals surface area contributed by atoms with Crippen molar-refractivity contribution in [1.82, 2.24) is 0 Å². The summed E-state index contributed by atoms with van der Waals surface area (Å²) < 4.78 is 0. The molecule has 1 aliphatic rings. The second kappa shape index (κ2) is 6.27. The number of benzene rings is 2. The number of ketones is 1. The van der Waals surface area contributed by atoms with E-state index in [2.05, 4.69) is 10.6 Å². The molecule has 0 radical (unpaired) electrons. The molecule has 0 spiro atoms. The number of nitrogens with one attached hydrogen (secondary N) is 2. The molecule has 2 N–H and O–H groups in total. The molecule has 0 atom stereocenters. The maximum atomic E-state index is 11.4. The zero-order valence-electron chi connectivity index (χ0n) is 11.8. The summed E-state index contributed by atoms with van der Waals surface area (Å²) in [4.78, 5) is 11.4. The monoisotopic (exact) mass is 278 g/mol. The molecule has 2 aromatic rings. The van der Waals surface area contributed by atoms with E-state index in [0.29, 0.717) is 6.42 Å². The van der Waals surface area contributed by atoms with E-state index >= 15 is 0 Å². The Morgan fingerprint density at radius 3 is 2.00 bits per heavy atom. The minimum absolute atomic E-state index is 0.214. The summed E-state index contributed by atoms with van der Waals surface area (Å²) in [6.07, 6.45) is 4.27. The molecule has 0 saturated heterocycles. The van der Waals surface area contributed by atoms with Crippen molar-refractivity contribution in [3.63, 3.8) is 0 Å². The SMILES string of the molecule is O=C1C=C(Nc2ccc(Nc3ccccc3)cc2)CCC1. The van der Waals surface area contributed by atoms with Crippen LogP contribution in [0.3, 0.4) is 0 Å². The van der Waals surface area contributed by atoms with Crippen molar-refractivity contribution in [2.45, 2.75) is 19.3 Å². The normalized spacial score (nSPS) is 14.5. The molecule has 21 heavy (non-hydrogen) atoms. The van der Waals surface area contributed by atoms with E-state index in [1.54, 1.807) is 6.08 Å². The average Bonchev–Trinajstić information content (AvgIpc) is 2.50. The molecule has 3 rings (SSSR count). The largest absolute Gasteiger partial charge is 0.359 e. The summed E-state index contributed by atoms with van der Waals surface area (Å²) in [5.74, 6) is 0.214. The van der Waals surface area contributed by atoms with Gasteiger partial charge in [0.2, 0.25) is 0 Å². The number of carbonyl (C=O) groups is 1. The number of rotatable bonds is 4. The molecule has 0 fully saturated rings. The lowest BCUT2D eigenvalue weighted by molar-refractivity contribution is -0.115. The number of hydrogen-bond donors (Lipinski definition) is 2. The lowest BCUT2D eigenvalue weighted by Gasteiger charge is -2.15. The predicted molar refractivity (Wildman–Crippen MR) is 86.7 cm³/mol. The van der Waals surface area contributed by atoms with Crippen LogP contribution in [-0.4, -0.2) is 5.78 Å². The Morgan fingerprint density at radius 2 is 1.33 bits per heavy atom. The summed E-state index contributed by atoms with van der Waals surface area (Å²) in [7, 11) is 0. The molecule has 0 unspecified atom stereocenters. The lowest BCUT2D eigenvalue weighted by Crippen LogP contribution is -2.09. The Kier molecular flexibility index (Phi) is 4.01. The van der Waals surface area contributed by atoms with Crippen LogP contribution in [0.15, 0.2) is 66.4 Å². The van der Waals surface area contributed by atoms with Gasteiger partial charge in [0, 0.05) is 35.3 Å². The molecule has 3 nitrogen and oxygen atoms in total. The Labute approximate surface area is 124 Å². The first-order valence-corrected chi connectivity index (χ1v) is 7.22. The van der Waals surface area contributed by atoms with Crippen LogP contribution in [0.5, 0.6) is 0 Å². The van der Waals surface area contributed by atoms with Gasteiger partial charge in [-0.25, -0.2) is 0 Å². The van der Waals surface area contributed by atoms with Crippen LogP contribution in [0, 0.1) is 0 Å². The Hall–Kier alpha value is -2.55. The maximum Gasteiger partial charge on any atom is 0.157 e. The molecule has 0 bridgehead atoms. The molecule has 0 aromatic heterocycles. The van der Waals surface area contributed by atoms with Crippen molar-refractivity contribution in [2.75, 3.05) is 10.6 Å². The van der Waals surface area contributed by atoms with Gasteiger partial charge in [-0.05, 0) is 49.2 Å². The molecule has 1 aliphatic carbocycles. The summed E-state index contributed by atoms with van der Waals surface area (Å²) in [5, 5.41) is 6.66. The first-order valence-electron chi connectivity index (χ1n) is 7.22. The lowest BCUT2D eigenvalue weighted by atomic mass is 10.0. The van der Waals surface area contributed by atoms with Gasteiger partial charge in [0.1, 0.15) is 0 Å². The minimum Gasteiger partial charge on any atom is -0.359 e. The third-order valence-corrected chi connectivity index (χ3v) is 3.46. The Morgan fingerprint density at radius 1 is 0.714 bits per heavy atom. The van der Waals surface area contributed by atoms with Crippen molar-refractivity contribution in [3.8, 4) is 0 Å². The molecule has 106 valence electrons. The van der Waals surface area contributed by atoms with E-state index in [1.165, 1.54) is 0 Å². The fraction of sp³-hybridized carbons (Fsp3) is 0.167. The van der Waals surface area contributed by atoms with Crippen LogP contribution in [0.1, 0.15) is 19.3 Å². The standard InChI is InChI=1S/C18H18N2O/c21-18-8-4-7-17(13-18)20-16-11-9-15(10-12-16)19-14-5-2-1-3-6-14/h1-3,5-6,9-13,19-20H,4,7-8H2. The second-order valence-electron chi connectivity index (χ2n) is 5.18. The van der Waals surface area contributed by atoms with Gasteiger partial charge in [-0.15, -0.1) is 0 Å². The smallest absolute Gasteiger partial charge is 0.157 e. The molecule has 0 heterocycles. The number of hydrogen-bond acceptors (Lipinski definition) is 3. The molecular formula is C18H18N2O. The summed E-state index contributed by atoms with van der Waals surface area (Å²) in [5.41, 5.74) is 4.13. The van der Waals surface area contributed by atoms with Gasteiger partial charge >= 0.3 is 0 Å². The van der Waals surface area contributed by atoms with Crippen LogP contribution in [0.2, 0.25) is 0 Å². The van der Waals surface area contributed by atoms with Crippen LogP contribution >= 0.6 is 0 Å². The van der Waals surface area contributed by atoms with Crippen molar-refractivity contribution in [2.24, 2.45) is 0 Å². The number of para-hydroxylation sites is 1. The van der Waals surface area contributed by atoms with E-state index in [-0.39, 0.29) is 5.78 Å². The highest BCUT2D eigenvalue weighted by Gasteiger charge is 2.09. The van der Waals surface area contributed by atoms with E-state index in [0.717, 1.165) is 35.6 Å². The van der Waals surface area contributed by atoms with Gasteiger partial charge in [-0.1, -0.05) is 18.2 Å². The van der Waals surface area contributed by atoms with Gasteiger partial charge in [-0.2, -0.15) is 0 Å². The highest BCUT2D eigenvalue weighted by atomic mass is 16.1. The van der Waals surface area contributed by atoms with Gasteiger partial charge in [0.25, 0.3) is 0 Å². The molecule has 2 aromatic carbocycles. The molecule has 3 heteroatoms. The Bertz CT molecular complexity index is 645. The second-order valence-corrected chi connectivity index (χ2v) is 5.18. The Balaban J connectivity index is 1.65. The average molecular weight is 278 g/mol. The van der Waals surface area contributed by atoms with Crippen LogP contribution in [0.25, 0.3) is 0 Å². The zero-order valence-corrected chi connectivity index (χ0v) is 11.8. The van der Waals surface area contributed by atoms with Crippen LogP contribution < -0.4 is 10.6 Å². The molecule has 0 aliphatic heterocycles. The summed E-state index contributed by atoms with van der Waals surface area (Å²) >= 11 is 0. The quantitative estimate of drug-likeness (QED) is 0.866. The molecule has 0 amide bonds. The van der Waals surface area contributed by atoms with Crippen molar-refractivity contribution < 1.29 is 4.79 Å². The first-order chi connectivity index (χ1) is 10.3. The van der Waals surface area contributed by atoms with Crippen LogP contribution in [-0.2, 0) is 4.79 Å². The molecule has 0 saturated carbocycles. The number of carbonyl (C=O) groups excluding carboxylic acids is 1.